The van der Waals surface area contributed by atoms with Crippen molar-refractivity contribution in [3.8, 4) is 0 Å². The third-order valence-corrected chi connectivity index (χ3v) is 1.19. The third kappa shape index (κ3) is 1.42. The van der Waals surface area contributed by atoms with Crippen LogP contribution in [0, 0.1) is 5.82 Å². The molecule has 0 saturated carbocycles. The Bertz CT molecular complexity index is 242. The molecule has 0 fully saturated rings. The number of nitrogen functional groups attached to an aromatic ring is 1. The van der Waals surface area contributed by atoms with Gasteiger partial charge in [0.25, 0.3) is 6.43 Å². The van der Waals surface area contributed by atoms with Gasteiger partial charge in [0.05, 0.1) is 23.6 Å². The summed E-state index contributed by atoms with van der Waals surface area (Å²) in [7, 11) is 0. The Labute approximate surface area is 60.9 Å². The first kappa shape index (κ1) is 7.84. The molecule has 0 amide bonds. The standard InChI is InChI=1S/C6H5F3N2/c7-3-1-11-2-4(10)5(3)6(8)9/h1-2,6H,10H2. The van der Waals surface area contributed by atoms with Gasteiger partial charge in [-0.1, -0.05) is 0 Å². The molecule has 1 heterocycles. The molecule has 11 heavy (non-hydrogen) atoms. The van der Waals surface area contributed by atoms with E-state index in [0.717, 1.165) is 6.20 Å². The summed E-state index contributed by atoms with van der Waals surface area (Å²) in [5.41, 5.74) is 3.94. The lowest BCUT2D eigenvalue weighted by Crippen LogP contribution is -1.99. The highest BCUT2D eigenvalue weighted by atomic mass is 19.3. The van der Waals surface area contributed by atoms with E-state index in [0.29, 0.717) is 6.20 Å². The number of hydrogen-bond acceptors (Lipinski definition) is 2. The maximum atomic E-state index is 12.5. The van der Waals surface area contributed by atoms with Crippen molar-refractivity contribution in [1.29, 1.82) is 0 Å². The van der Waals surface area contributed by atoms with E-state index in [9.17, 15) is 13.2 Å². The van der Waals surface area contributed by atoms with Gasteiger partial charge in [0.2, 0.25) is 0 Å². The zero-order valence-electron chi connectivity index (χ0n) is 5.39. The quantitative estimate of drug-likeness (QED) is 0.683. The average Bonchev–Trinajstić information content (AvgIpc) is 1.85. The van der Waals surface area contributed by atoms with E-state index < -0.39 is 17.8 Å². The normalized spacial score (nSPS) is 10.5. The van der Waals surface area contributed by atoms with E-state index in [1.54, 1.807) is 0 Å². The number of halogens is 3. The van der Waals surface area contributed by atoms with Crippen molar-refractivity contribution < 1.29 is 13.2 Å². The van der Waals surface area contributed by atoms with E-state index in [-0.39, 0.29) is 5.69 Å². The molecule has 0 aliphatic heterocycles. The fraction of sp³-hybridized carbons (Fsp3) is 0.167. The molecule has 0 saturated heterocycles. The van der Waals surface area contributed by atoms with Crippen molar-refractivity contribution in [2.75, 3.05) is 5.73 Å². The number of nitrogens with zero attached hydrogens (tertiary/aromatic N) is 1. The second kappa shape index (κ2) is 2.77. The topological polar surface area (TPSA) is 38.9 Å². The summed E-state index contributed by atoms with van der Waals surface area (Å²) in [6.07, 6.45) is -1.19. The molecule has 1 rings (SSSR count). The second-order valence-corrected chi connectivity index (χ2v) is 1.92. The van der Waals surface area contributed by atoms with Crippen LogP contribution in [-0.2, 0) is 0 Å². The van der Waals surface area contributed by atoms with Crippen LogP contribution in [0.3, 0.4) is 0 Å². The maximum Gasteiger partial charge on any atom is 0.268 e. The molecule has 0 aliphatic rings. The largest absolute Gasteiger partial charge is 0.397 e. The lowest BCUT2D eigenvalue weighted by Gasteiger charge is -2.03. The smallest absolute Gasteiger partial charge is 0.268 e. The van der Waals surface area contributed by atoms with Gasteiger partial charge in [-0.15, -0.1) is 0 Å². The van der Waals surface area contributed by atoms with Crippen LogP contribution < -0.4 is 5.73 Å². The molecule has 0 spiro atoms. The molecule has 0 atom stereocenters. The predicted octanol–water partition coefficient (Wildman–Crippen LogP) is 1.74. The zero-order chi connectivity index (χ0) is 8.43. The summed E-state index contributed by atoms with van der Waals surface area (Å²) in [5.74, 6) is -1.07. The minimum absolute atomic E-state index is 0.319. The minimum atomic E-state index is -2.89. The second-order valence-electron chi connectivity index (χ2n) is 1.92. The molecule has 0 bridgehead atoms. The van der Waals surface area contributed by atoms with Crippen LogP contribution in [0.5, 0.6) is 0 Å². The number of hydrogen-bond donors (Lipinski definition) is 1. The molecule has 2 nitrogen and oxygen atoms in total. The van der Waals surface area contributed by atoms with Gasteiger partial charge in [0.15, 0.2) is 5.82 Å². The Hall–Kier alpha value is -1.26. The molecule has 1 aromatic rings. The first-order chi connectivity index (χ1) is 5.13. The van der Waals surface area contributed by atoms with Crippen LogP contribution in [0.15, 0.2) is 12.4 Å². The fourth-order valence-electron chi connectivity index (χ4n) is 0.690. The SMILES string of the molecule is Nc1cncc(F)c1C(F)F. The third-order valence-electron chi connectivity index (χ3n) is 1.19. The van der Waals surface area contributed by atoms with Crippen LogP contribution in [0.2, 0.25) is 0 Å². The van der Waals surface area contributed by atoms with Gasteiger partial charge >= 0.3 is 0 Å². The molecule has 0 aromatic carbocycles. The van der Waals surface area contributed by atoms with Crippen molar-refractivity contribution in [1.82, 2.24) is 4.98 Å². The van der Waals surface area contributed by atoms with Crippen LogP contribution >= 0.6 is 0 Å². The maximum absolute atomic E-state index is 12.5. The summed E-state index contributed by atoms with van der Waals surface area (Å²) in [6, 6.07) is 0. The van der Waals surface area contributed by atoms with E-state index in [4.69, 9.17) is 5.73 Å². The molecule has 60 valence electrons. The highest BCUT2D eigenvalue weighted by Crippen LogP contribution is 2.26. The summed E-state index contributed by atoms with van der Waals surface area (Å²) in [5, 5.41) is 0. The van der Waals surface area contributed by atoms with Crippen LogP contribution in [0.25, 0.3) is 0 Å². The van der Waals surface area contributed by atoms with Crippen molar-refractivity contribution >= 4 is 5.69 Å². The number of nitrogens with two attached hydrogens (primary N) is 1. The Morgan fingerprint density at radius 2 is 2.00 bits per heavy atom. The van der Waals surface area contributed by atoms with Gasteiger partial charge in [-0.3, -0.25) is 4.98 Å². The number of pyridine rings is 1. The van der Waals surface area contributed by atoms with E-state index in [2.05, 4.69) is 4.98 Å². The lowest BCUT2D eigenvalue weighted by molar-refractivity contribution is 0.147. The number of rotatable bonds is 1. The fourth-order valence-corrected chi connectivity index (χ4v) is 0.690. The molecule has 1 aromatic heterocycles. The van der Waals surface area contributed by atoms with Crippen LogP contribution in [0.4, 0.5) is 18.9 Å². The first-order valence-electron chi connectivity index (χ1n) is 2.80. The van der Waals surface area contributed by atoms with Crippen molar-refractivity contribution in [3.63, 3.8) is 0 Å². The summed E-state index contributed by atoms with van der Waals surface area (Å²) in [6.45, 7) is 0. The summed E-state index contributed by atoms with van der Waals surface area (Å²) < 4.78 is 36.4. The minimum Gasteiger partial charge on any atom is -0.397 e. The molecular weight excluding hydrogens is 157 g/mol. The Morgan fingerprint density at radius 3 is 2.36 bits per heavy atom. The molecule has 5 heteroatoms. The van der Waals surface area contributed by atoms with Gasteiger partial charge in [-0.2, -0.15) is 0 Å². The highest BCUT2D eigenvalue weighted by molar-refractivity contribution is 5.45. The lowest BCUT2D eigenvalue weighted by atomic mass is 10.2. The van der Waals surface area contributed by atoms with E-state index in [1.807, 2.05) is 0 Å². The average molecular weight is 162 g/mol. The van der Waals surface area contributed by atoms with Gasteiger partial charge in [0, 0.05) is 0 Å². The van der Waals surface area contributed by atoms with Crippen molar-refractivity contribution in [3.05, 3.63) is 23.8 Å². The molecular formula is C6H5F3N2. The van der Waals surface area contributed by atoms with Crippen molar-refractivity contribution in [2.24, 2.45) is 0 Å². The summed E-state index contributed by atoms with van der Waals surface area (Å²) >= 11 is 0. The molecule has 2 N–H and O–H groups in total. The van der Waals surface area contributed by atoms with Gasteiger partial charge in [0.1, 0.15) is 0 Å². The molecule has 0 radical (unpaired) electrons. The number of anilines is 1. The zero-order valence-corrected chi connectivity index (χ0v) is 5.39. The highest BCUT2D eigenvalue weighted by Gasteiger charge is 2.16. The molecule has 0 unspecified atom stereocenters. The number of aromatic nitrogens is 1. The first-order valence-corrected chi connectivity index (χ1v) is 2.80. The van der Waals surface area contributed by atoms with Gasteiger partial charge in [-0.25, -0.2) is 13.2 Å². The van der Waals surface area contributed by atoms with Crippen molar-refractivity contribution in [2.45, 2.75) is 6.43 Å². The van der Waals surface area contributed by atoms with Crippen LogP contribution in [0.1, 0.15) is 12.0 Å². The monoisotopic (exact) mass is 162 g/mol. The molecule has 0 aliphatic carbocycles. The van der Waals surface area contributed by atoms with Gasteiger partial charge < -0.3 is 5.73 Å². The van der Waals surface area contributed by atoms with E-state index in [1.165, 1.54) is 0 Å². The Morgan fingerprint density at radius 1 is 1.36 bits per heavy atom. The Balaban J connectivity index is 3.21. The Kier molecular flexibility index (Phi) is 1.98. The van der Waals surface area contributed by atoms with Crippen LogP contribution in [-0.4, -0.2) is 4.98 Å². The number of alkyl halides is 2. The van der Waals surface area contributed by atoms with E-state index >= 15 is 0 Å². The summed E-state index contributed by atoms with van der Waals surface area (Å²) in [4.78, 5) is 3.29. The van der Waals surface area contributed by atoms with Gasteiger partial charge in [-0.05, 0) is 0 Å². The predicted molar refractivity (Wildman–Crippen MR) is 33.6 cm³/mol.